The van der Waals surface area contributed by atoms with Crippen molar-refractivity contribution in [1.82, 2.24) is 19.1 Å². The maximum Gasteiger partial charge on any atom is 0.270 e. The van der Waals surface area contributed by atoms with Crippen molar-refractivity contribution in [1.29, 1.82) is 0 Å². The van der Waals surface area contributed by atoms with E-state index in [1.165, 1.54) is 16.4 Å². The number of aromatic nitrogens is 3. The maximum absolute atomic E-state index is 13.1. The summed E-state index contributed by atoms with van der Waals surface area (Å²) in [7, 11) is -3.78. The lowest BCUT2D eigenvalue weighted by Gasteiger charge is -2.19. The van der Waals surface area contributed by atoms with Crippen molar-refractivity contribution in [2.24, 2.45) is 0 Å². The summed E-state index contributed by atoms with van der Waals surface area (Å²) in [6.45, 7) is 2.37. The minimum Gasteiger partial charge on any atom is -0.384 e. The van der Waals surface area contributed by atoms with E-state index in [4.69, 9.17) is 0 Å². The molecule has 3 heterocycles. The molecule has 4 rings (SSSR count). The fourth-order valence-electron chi connectivity index (χ4n) is 4.07. The molecule has 1 aromatic carbocycles. The number of aryl methyl sites for hydroxylation is 2. The highest BCUT2D eigenvalue weighted by molar-refractivity contribution is 7.89. The highest BCUT2D eigenvalue weighted by Crippen LogP contribution is 2.30. The Balaban J connectivity index is 1.47. The molecule has 0 unspecified atom stereocenters. The van der Waals surface area contributed by atoms with Crippen molar-refractivity contribution < 1.29 is 13.3 Å². The van der Waals surface area contributed by atoms with E-state index in [2.05, 4.69) is 20.1 Å². The highest BCUT2D eigenvalue weighted by atomic mass is 32.2. The smallest absolute Gasteiger partial charge is 0.270 e. The molecule has 1 N–H and O–H groups in total. The van der Waals surface area contributed by atoms with Gasteiger partial charge in [-0.15, -0.1) is 10.2 Å². The van der Waals surface area contributed by atoms with Crippen LogP contribution in [0.25, 0.3) is 0 Å². The second-order valence-electron chi connectivity index (χ2n) is 7.72. The van der Waals surface area contributed by atoms with Crippen molar-refractivity contribution in [2.75, 3.05) is 25.0 Å². The number of benzene rings is 1. The Bertz CT molecular complexity index is 1030. The molecule has 162 valence electrons. The van der Waals surface area contributed by atoms with E-state index in [9.17, 15) is 18.5 Å². The van der Waals surface area contributed by atoms with Crippen LogP contribution in [0.2, 0.25) is 0 Å². The zero-order valence-electron chi connectivity index (χ0n) is 16.8. The molecule has 0 aliphatic carbocycles. The number of nitro benzene ring substituents is 1. The number of nitro groups is 1. The number of rotatable bonds is 8. The van der Waals surface area contributed by atoms with Crippen molar-refractivity contribution >= 4 is 21.4 Å². The van der Waals surface area contributed by atoms with Gasteiger partial charge in [0.15, 0.2) is 0 Å². The molecule has 0 atom stereocenters. The molecule has 1 fully saturated rings. The van der Waals surface area contributed by atoms with Gasteiger partial charge in [-0.05, 0) is 38.2 Å². The lowest BCUT2D eigenvalue weighted by Crippen LogP contribution is -2.28. The summed E-state index contributed by atoms with van der Waals surface area (Å²) < 4.78 is 29.7. The first kappa shape index (κ1) is 20.7. The molecule has 30 heavy (non-hydrogen) atoms. The normalized spacial score (nSPS) is 17.1. The molecule has 2 aromatic rings. The summed E-state index contributed by atoms with van der Waals surface area (Å²) in [4.78, 5) is 10.6. The van der Waals surface area contributed by atoms with Gasteiger partial charge in [0, 0.05) is 51.2 Å². The van der Waals surface area contributed by atoms with Crippen LogP contribution in [-0.2, 0) is 29.4 Å². The molecule has 2 aliphatic heterocycles. The molecule has 0 bridgehead atoms. The molecule has 0 amide bonds. The average Bonchev–Trinajstić information content (AvgIpc) is 3.42. The molecule has 1 saturated heterocycles. The van der Waals surface area contributed by atoms with Gasteiger partial charge in [-0.25, -0.2) is 8.42 Å². The van der Waals surface area contributed by atoms with Crippen molar-refractivity contribution in [3.8, 4) is 0 Å². The van der Waals surface area contributed by atoms with Crippen LogP contribution in [0.15, 0.2) is 23.1 Å². The number of non-ortho nitro benzene ring substituents is 1. The Kier molecular flexibility index (Phi) is 6.00. The minimum atomic E-state index is -3.78. The third-order valence-electron chi connectivity index (χ3n) is 5.69. The van der Waals surface area contributed by atoms with Gasteiger partial charge in [0.1, 0.15) is 16.5 Å². The van der Waals surface area contributed by atoms with E-state index in [-0.39, 0.29) is 10.6 Å². The number of sulfonamides is 1. The molecule has 0 saturated carbocycles. The third-order valence-corrected chi connectivity index (χ3v) is 7.63. The Hall–Kier alpha value is -2.53. The molecular formula is C19H26N6O4S. The Morgan fingerprint density at radius 3 is 2.63 bits per heavy atom. The number of fused-ring (bicyclic) bond motifs is 1. The zero-order valence-corrected chi connectivity index (χ0v) is 17.6. The standard InChI is InChI=1S/C19H26N6O4S/c26-25(27)15-8-9-16(17(14-15)30(28,29)23-11-3-4-12-23)20-10-5-7-19-22-21-18-6-1-2-13-24(18)19/h8-9,14,20H,1-7,10-13H2. The predicted molar refractivity (Wildman–Crippen MR) is 111 cm³/mol. The Labute approximate surface area is 175 Å². The fourth-order valence-corrected chi connectivity index (χ4v) is 5.78. The van der Waals surface area contributed by atoms with Crippen molar-refractivity contribution in [2.45, 2.75) is 56.4 Å². The monoisotopic (exact) mass is 434 g/mol. The third kappa shape index (κ3) is 4.17. The first-order chi connectivity index (χ1) is 14.5. The van der Waals surface area contributed by atoms with Gasteiger partial charge in [-0.1, -0.05) is 0 Å². The lowest BCUT2D eigenvalue weighted by atomic mass is 10.1. The lowest BCUT2D eigenvalue weighted by molar-refractivity contribution is -0.385. The summed E-state index contributed by atoms with van der Waals surface area (Å²) in [5.41, 5.74) is 0.171. The van der Waals surface area contributed by atoms with Crippen molar-refractivity contribution in [3.63, 3.8) is 0 Å². The number of hydrogen-bond donors (Lipinski definition) is 1. The molecule has 2 aliphatic rings. The second kappa shape index (κ2) is 8.68. The Morgan fingerprint density at radius 1 is 1.10 bits per heavy atom. The van der Waals surface area contributed by atoms with Crippen LogP contribution in [0.5, 0.6) is 0 Å². The van der Waals surface area contributed by atoms with E-state index in [0.29, 0.717) is 25.3 Å². The molecular weight excluding hydrogens is 408 g/mol. The van der Waals surface area contributed by atoms with Crippen molar-refractivity contribution in [3.05, 3.63) is 40.0 Å². The minimum absolute atomic E-state index is 0.0292. The van der Waals surface area contributed by atoms with Gasteiger partial charge in [0.05, 0.1) is 10.6 Å². The largest absolute Gasteiger partial charge is 0.384 e. The highest BCUT2D eigenvalue weighted by Gasteiger charge is 2.31. The summed E-state index contributed by atoms with van der Waals surface area (Å²) >= 11 is 0. The van der Waals surface area contributed by atoms with Crippen LogP contribution < -0.4 is 5.32 Å². The molecule has 0 spiro atoms. The summed E-state index contributed by atoms with van der Waals surface area (Å²) in [6, 6.07) is 3.98. The van der Waals surface area contributed by atoms with Gasteiger partial charge in [-0.3, -0.25) is 10.1 Å². The van der Waals surface area contributed by atoms with Gasteiger partial charge < -0.3 is 9.88 Å². The molecule has 1 aromatic heterocycles. The summed E-state index contributed by atoms with van der Waals surface area (Å²) in [6.07, 6.45) is 6.34. The van der Waals surface area contributed by atoms with Crippen LogP contribution in [0, 0.1) is 10.1 Å². The molecule has 11 heteroatoms. The average molecular weight is 435 g/mol. The number of nitrogens with zero attached hydrogens (tertiary/aromatic N) is 5. The quantitative estimate of drug-likeness (QED) is 0.384. The fraction of sp³-hybridized carbons (Fsp3) is 0.579. The van der Waals surface area contributed by atoms with E-state index in [1.54, 1.807) is 0 Å². The van der Waals surface area contributed by atoms with Gasteiger partial charge in [0.2, 0.25) is 10.0 Å². The van der Waals surface area contributed by atoms with E-state index in [1.807, 2.05) is 0 Å². The Morgan fingerprint density at radius 2 is 1.87 bits per heavy atom. The number of anilines is 1. The van der Waals surface area contributed by atoms with Gasteiger partial charge >= 0.3 is 0 Å². The second-order valence-corrected chi connectivity index (χ2v) is 9.63. The maximum atomic E-state index is 13.1. The molecule has 0 radical (unpaired) electrons. The van der Waals surface area contributed by atoms with Crippen LogP contribution in [0.4, 0.5) is 11.4 Å². The van der Waals surface area contributed by atoms with E-state index < -0.39 is 14.9 Å². The first-order valence-electron chi connectivity index (χ1n) is 10.4. The van der Waals surface area contributed by atoms with E-state index in [0.717, 1.165) is 69.2 Å². The zero-order chi connectivity index (χ0) is 21.1. The number of nitrogens with one attached hydrogen (secondary N) is 1. The summed E-state index contributed by atoms with van der Waals surface area (Å²) in [5.74, 6) is 2.00. The van der Waals surface area contributed by atoms with Crippen LogP contribution in [0.3, 0.4) is 0 Å². The summed E-state index contributed by atoms with van der Waals surface area (Å²) in [5, 5.41) is 22.9. The van der Waals surface area contributed by atoms with Gasteiger partial charge in [-0.2, -0.15) is 4.31 Å². The SMILES string of the molecule is O=[N+]([O-])c1ccc(NCCCc2nnc3n2CCCC3)c(S(=O)(=O)N2CCCC2)c1. The topological polar surface area (TPSA) is 123 Å². The van der Waals surface area contributed by atoms with Crippen LogP contribution >= 0.6 is 0 Å². The first-order valence-corrected chi connectivity index (χ1v) is 11.8. The van der Waals surface area contributed by atoms with Gasteiger partial charge in [0.25, 0.3) is 5.69 Å². The van der Waals surface area contributed by atoms with Crippen LogP contribution in [-0.4, -0.2) is 52.0 Å². The van der Waals surface area contributed by atoms with E-state index >= 15 is 0 Å². The predicted octanol–water partition coefficient (Wildman–Crippen LogP) is 2.35. The number of hydrogen-bond acceptors (Lipinski definition) is 7. The van der Waals surface area contributed by atoms with Crippen LogP contribution in [0.1, 0.15) is 43.8 Å². The molecule has 10 nitrogen and oxygen atoms in total.